The minimum absolute atomic E-state index is 0.0876. The molecule has 2 heteroatoms. The number of hydrogen-bond donors (Lipinski definition) is 1. The number of aliphatic hydroxyl groups is 1. The first-order valence-electron chi connectivity index (χ1n) is 7.12. The molecule has 0 amide bonds. The van der Waals surface area contributed by atoms with Crippen molar-refractivity contribution in [1.82, 2.24) is 0 Å². The van der Waals surface area contributed by atoms with E-state index >= 15 is 0 Å². The molecule has 0 saturated carbocycles. The Kier molecular flexibility index (Phi) is 7.87. The van der Waals surface area contributed by atoms with Crippen molar-refractivity contribution < 1.29 is 9.84 Å². The maximum absolute atomic E-state index is 9.76. The van der Waals surface area contributed by atoms with Crippen LogP contribution in [0.1, 0.15) is 71.1 Å². The quantitative estimate of drug-likeness (QED) is 0.578. The van der Waals surface area contributed by atoms with Gasteiger partial charge in [-0.15, -0.1) is 0 Å². The first-order valence-corrected chi connectivity index (χ1v) is 7.12. The number of ether oxygens (including phenoxy) is 1. The van der Waals surface area contributed by atoms with Gasteiger partial charge in [-0.3, -0.25) is 0 Å². The number of unbranched alkanes of at least 4 members (excludes halogenated alkanes) is 5. The van der Waals surface area contributed by atoms with Crippen LogP contribution in [0.25, 0.3) is 0 Å². The zero-order valence-corrected chi connectivity index (χ0v) is 10.8. The van der Waals surface area contributed by atoms with Gasteiger partial charge in [0.2, 0.25) is 0 Å². The highest BCUT2D eigenvalue weighted by Gasteiger charge is 2.18. The third kappa shape index (κ3) is 6.49. The fourth-order valence-electron chi connectivity index (χ4n) is 2.20. The Bertz CT molecular complexity index is 155. The van der Waals surface area contributed by atoms with Crippen LogP contribution in [-0.4, -0.2) is 23.9 Å². The molecule has 2 nitrogen and oxygen atoms in total. The summed E-state index contributed by atoms with van der Waals surface area (Å²) in [6.07, 6.45) is 12.4. The van der Waals surface area contributed by atoms with Crippen molar-refractivity contribution in [3.63, 3.8) is 0 Å². The van der Waals surface area contributed by atoms with Gasteiger partial charge < -0.3 is 9.84 Å². The Hall–Kier alpha value is -0.0800. The molecule has 0 radical (unpaired) electrons. The lowest BCUT2D eigenvalue weighted by Crippen LogP contribution is -2.27. The van der Waals surface area contributed by atoms with E-state index in [1.807, 2.05) is 0 Å². The number of aliphatic hydroxyl groups excluding tert-OH is 1. The van der Waals surface area contributed by atoms with Crippen molar-refractivity contribution in [2.45, 2.75) is 83.3 Å². The van der Waals surface area contributed by atoms with Crippen LogP contribution in [0.15, 0.2) is 0 Å². The SMILES string of the molecule is CCCCCCCCC(O)CCC1CCO1. The second kappa shape index (κ2) is 9.00. The average molecular weight is 228 g/mol. The van der Waals surface area contributed by atoms with Gasteiger partial charge in [-0.25, -0.2) is 0 Å². The van der Waals surface area contributed by atoms with Crippen LogP contribution in [0.3, 0.4) is 0 Å². The third-order valence-corrected chi connectivity index (χ3v) is 3.51. The van der Waals surface area contributed by atoms with E-state index in [1.54, 1.807) is 0 Å². The maximum Gasteiger partial charge on any atom is 0.0598 e. The molecular weight excluding hydrogens is 200 g/mol. The molecular formula is C14H28O2. The topological polar surface area (TPSA) is 29.5 Å². The Morgan fingerprint density at radius 2 is 1.81 bits per heavy atom. The average Bonchev–Trinajstić information content (AvgIpc) is 2.21. The summed E-state index contributed by atoms with van der Waals surface area (Å²) in [5.74, 6) is 0. The fourth-order valence-corrected chi connectivity index (χ4v) is 2.20. The van der Waals surface area contributed by atoms with Crippen molar-refractivity contribution >= 4 is 0 Å². The zero-order chi connectivity index (χ0) is 11.6. The molecule has 1 heterocycles. The molecule has 2 unspecified atom stereocenters. The van der Waals surface area contributed by atoms with Crippen molar-refractivity contribution in [3.05, 3.63) is 0 Å². The van der Waals surface area contributed by atoms with Crippen molar-refractivity contribution in [3.8, 4) is 0 Å². The van der Waals surface area contributed by atoms with E-state index in [-0.39, 0.29) is 6.10 Å². The summed E-state index contributed by atoms with van der Waals surface area (Å²) in [6, 6.07) is 0. The third-order valence-electron chi connectivity index (χ3n) is 3.51. The van der Waals surface area contributed by atoms with Crippen molar-refractivity contribution in [2.75, 3.05) is 6.61 Å². The normalized spacial score (nSPS) is 21.8. The van der Waals surface area contributed by atoms with Gasteiger partial charge in [0.05, 0.1) is 12.2 Å². The van der Waals surface area contributed by atoms with E-state index in [0.717, 1.165) is 25.9 Å². The molecule has 96 valence electrons. The molecule has 1 fully saturated rings. The highest BCUT2D eigenvalue weighted by molar-refractivity contribution is 4.68. The minimum Gasteiger partial charge on any atom is -0.393 e. The highest BCUT2D eigenvalue weighted by atomic mass is 16.5. The highest BCUT2D eigenvalue weighted by Crippen LogP contribution is 2.19. The summed E-state index contributed by atoms with van der Waals surface area (Å²) in [4.78, 5) is 0. The van der Waals surface area contributed by atoms with E-state index < -0.39 is 0 Å². The zero-order valence-electron chi connectivity index (χ0n) is 10.8. The van der Waals surface area contributed by atoms with Gasteiger partial charge in [0, 0.05) is 6.61 Å². The first-order chi connectivity index (χ1) is 7.83. The minimum atomic E-state index is -0.0876. The van der Waals surface area contributed by atoms with Gasteiger partial charge in [-0.2, -0.15) is 0 Å². The Labute approximate surface area is 100 Å². The molecule has 1 rings (SSSR count). The summed E-state index contributed by atoms with van der Waals surface area (Å²) in [5, 5.41) is 9.76. The molecule has 1 N–H and O–H groups in total. The molecule has 0 aromatic heterocycles. The van der Waals surface area contributed by atoms with Crippen LogP contribution in [0.5, 0.6) is 0 Å². The lowest BCUT2D eigenvalue weighted by atomic mass is 10.0. The molecule has 0 aromatic rings. The lowest BCUT2D eigenvalue weighted by molar-refractivity contribution is -0.0605. The molecule has 0 spiro atoms. The Morgan fingerprint density at radius 1 is 1.12 bits per heavy atom. The molecule has 16 heavy (non-hydrogen) atoms. The second-order valence-electron chi connectivity index (χ2n) is 5.07. The van der Waals surface area contributed by atoms with Gasteiger partial charge in [0.25, 0.3) is 0 Å². The van der Waals surface area contributed by atoms with Crippen LogP contribution in [0.4, 0.5) is 0 Å². The van der Waals surface area contributed by atoms with Crippen LogP contribution < -0.4 is 0 Å². The van der Waals surface area contributed by atoms with Gasteiger partial charge in [-0.1, -0.05) is 45.4 Å². The smallest absolute Gasteiger partial charge is 0.0598 e. The first kappa shape index (κ1) is 14.0. The van der Waals surface area contributed by atoms with Gasteiger partial charge in [0.1, 0.15) is 0 Å². The van der Waals surface area contributed by atoms with E-state index in [2.05, 4.69) is 6.92 Å². The van der Waals surface area contributed by atoms with E-state index in [4.69, 9.17) is 4.74 Å². The number of hydrogen-bond acceptors (Lipinski definition) is 2. The number of rotatable bonds is 10. The monoisotopic (exact) mass is 228 g/mol. The lowest BCUT2D eigenvalue weighted by Gasteiger charge is -2.27. The molecule has 0 bridgehead atoms. The largest absolute Gasteiger partial charge is 0.393 e. The van der Waals surface area contributed by atoms with E-state index in [9.17, 15) is 5.11 Å². The van der Waals surface area contributed by atoms with Gasteiger partial charge in [0.15, 0.2) is 0 Å². The van der Waals surface area contributed by atoms with E-state index in [0.29, 0.717) is 6.10 Å². The van der Waals surface area contributed by atoms with Gasteiger partial charge >= 0.3 is 0 Å². The maximum atomic E-state index is 9.76. The molecule has 2 atom stereocenters. The molecule has 1 aliphatic heterocycles. The summed E-state index contributed by atoms with van der Waals surface area (Å²) in [5.41, 5.74) is 0. The molecule has 0 aliphatic carbocycles. The summed E-state index contributed by atoms with van der Waals surface area (Å²) in [6.45, 7) is 3.17. The molecule has 1 aliphatic rings. The second-order valence-corrected chi connectivity index (χ2v) is 5.07. The van der Waals surface area contributed by atoms with Crippen LogP contribution in [0, 0.1) is 0 Å². The van der Waals surface area contributed by atoms with Crippen molar-refractivity contribution in [1.29, 1.82) is 0 Å². The Morgan fingerprint density at radius 3 is 2.44 bits per heavy atom. The van der Waals surface area contributed by atoms with Crippen LogP contribution in [-0.2, 0) is 4.74 Å². The summed E-state index contributed by atoms with van der Waals surface area (Å²) >= 11 is 0. The predicted molar refractivity (Wildman–Crippen MR) is 67.6 cm³/mol. The fraction of sp³-hybridized carbons (Fsp3) is 1.00. The van der Waals surface area contributed by atoms with Crippen LogP contribution >= 0.6 is 0 Å². The van der Waals surface area contributed by atoms with Crippen molar-refractivity contribution in [2.24, 2.45) is 0 Å². The van der Waals surface area contributed by atoms with Gasteiger partial charge in [-0.05, 0) is 25.7 Å². The molecule has 1 saturated heterocycles. The summed E-state index contributed by atoms with van der Waals surface area (Å²) in [7, 11) is 0. The van der Waals surface area contributed by atoms with Crippen LogP contribution in [0.2, 0.25) is 0 Å². The van der Waals surface area contributed by atoms with E-state index in [1.165, 1.54) is 44.9 Å². The Balaban J connectivity index is 1.80. The predicted octanol–water partition coefficient (Wildman–Crippen LogP) is 3.67. The standard InChI is InChI=1S/C14H28O2/c1-2-3-4-5-6-7-8-13(15)9-10-14-11-12-16-14/h13-15H,2-12H2,1H3. The summed E-state index contributed by atoms with van der Waals surface area (Å²) < 4.78 is 5.34. The molecule has 0 aromatic carbocycles.